The molecule has 3 amide bonds. The van der Waals surface area contributed by atoms with Crippen LogP contribution in [-0.2, 0) is 39.9 Å². The van der Waals surface area contributed by atoms with E-state index >= 15 is 0 Å². The molecule has 1 saturated heterocycles. The van der Waals surface area contributed by atoms with E-state index in [4.69, 9.17) is 11.6 Å². The number of piperazine rings is 1. The zero-order chi connectivity index (χ0) is 24.9. The van der Waals surface area contributed by atoms with Crippen LogP contribution in [0.2, 0.25) is 0 Å². The number of amides is 3. The first kappa shape index (κ1) is 27.3. The summed E-state index contributed by atoms with van der Waals surface area (Å²) in [5, 5.41) is 5.52. The molecule has 1 aliphatic rings. The first-order chi connectivity index (χ1) is 16.3. The summed E-state index contributed by atoms with van der Waals surface area (Å²) >= 11 is 5.64. The van der Waals surface area contributed by atoms with Gasteiger partial charge in [0.2, 0.25) is 17.7 Å². The Morgan fingerprint density at radius 3 is 1.50 bits per heavy atom. The van der Waals surface area contributed by atoms with Crippen molar-refractivity contribution in [2.75, 3.05) is 26.2 Å². The first-order valence-corrected chi connectivity index (χ1v) is 12.0. The van der Waals surface area contributed by atoms with Gasteiger partial charge < -0.3 is 15.5 Å². The molecule has 3 rings (SSSR count). The highest BCUT2D eigenvalue weighted by molar-refractivity contribution is 6.17. The standard InChI is InChI=1S/C16H23N3O2.C10H12ClNO/c1-13(20)17-11-15-3-5-16(6-4-15)12-18-7-9-19(10-8-18)14(2)21;1-8(13)12-7-10-4-2-9(6-11)3-5-10/h3-6H,7-12H2,1-2H3,(H,17,20);2-5H,6-7H2,1H3,(H,12,13). The van der Waals surface area contributed by atoms with E-state index in [0.717, 1.165) is 49.4 Å². The van der Waals surface area contributed by atoms with Gasteiger partial charge in [-0.1, -0.05) is 48.5 Å². The predicted molar refractivity (Wildman–Crippen MR) is 135 cm³/mol. The number of carbonyl (C=O) groups excluding carboxylic acids is 3. The van der Waals surface area contributed by atoms with Crippen molar-refractivity contribution in [1.29, 1.82) is 0 Å². The SMILES string of the molecule is CC(=O)NCc1ccc(CCl)cc1.CC(=O)NCc1ccc(CN2CCN(C(C)=O)CC2)cc1. The molecule has 7 nitrogen and oxygen atoms in total. The maximum absolute atomic E-state index is 11.3. The van der Waals surface area contributed by atoms with Crippen molar-refractivity contribution in [3.63, 3.8) is 0 Å². The molecular formula is C26H35ClN4O3. The van der Waals surface area contributed by atoms with Crippen molar-refractivity contribution < 1.29 is 14.4 Å². The lowest BCUT2D eigenvalue weighted by Gasteiger charge is -2.34. The lowest BCUT2D eigenvalue weighted by molar-refractivity contribution is -0.130. The van der Waals surface area contributed by atoms with Gasteiger partial charge in [-0.15, -0.1) is 11.6 Å². The van der Waals surface area contributed by atoms with Gasteiger partial charge in [0, 0.05) is 72.5 Å². The Hall–Kier alpha value is -2.90. The van der Waals surface area contributed by atoms with Crippen LogP contribution in [0.1, 0.15) is 43.0 Å². The van der Waals surface area contributed by atoms with Crippen LogP contribution in [0.25, 0.3) is 0 Å². The third kappa shape index (κ3) is 10.4. The van der Waals surface area contributed by atoms with Crippen LogP contribution in [0, 0.1) is 0 Å². The minimum atomic E-state index is -0.0126. The number of rotatable bonds is 7. The Kier molecular flexibility index (Phi) is 11.6. The molecule has 1 heterocycles. The second kappa shape index (κ2) is 14.4. The predicted octanol–water partition coefficient (Wildman–Crippen LogP) is 3.05. The number of alkyl halides is 1. The Morgan fingerprint density at radius 2 is 1.12 bits per heavy atom. The summed E-state index contributed by atoms with van der Waals surface area (Å²) in [6.07, 6.45) is 0. The van der Waals surface area contributed by atoms with Gasteiger partial charge in [-0.3, -0.25) is 19.3 Å². The summed E-state index contributed by atoms with van der Waals surface area (Å²) in [7, 11) is 0. The lowest BCUT2D eigenvalue weighted by Crippen LogP contribution is -2.47. The van der Waals surface area contributed by atoms with Gasteiger partial charge in [-0.2, -0.15) is 0 Å². The van der Waals surface area contributed by atoms with Gasteiger partial charge in [0.1, 0.15) is 0 Å². The number of nitrogens with one attached hydrogen (secondary N) is 2. The van der Waals surface area contributed by atoms with Crippen molar-refractivity contribution in [1.82, 2.24) is 20.4 Å². The molecule has 0 spiro atoms. The number of carbonyl (C=O) groups is 3. The van der Waals surface area contributed by atoms with Crippen molar-refractivity contribution >= 4 is 29.3 Å². The number of halogens is 1. The van der Waals surface area contributed by atoms with Gasteiger partial charge in [-0.05, 0) is 22.3 Å². The number of hydrogen-bond acceptors (Lipinski definition) is 4. The summed E-state index contributed by atoms with van der Waals surface area (Å²) in [5.41, 5.74) is 4.55. The summed E-state index contributed by atoms with van der Waals surface area (Å²) in [4.78, 5) is 37.0. The molecular weight excluding hydrogens is 452 g/mol. The van der Waals surface area contributed by atoms with Crippen LogP contribution < -0.4 is 10.6 Å². The molecule has 8 heteroatoms. The normalized spacial score (nSPS) is 13.5. The minimum Gasteiger partial charge on any atom is -0.352 e. The summed E-state index contributed by atoms with van der Waals surface area (Å²) in [6.45, 7) is 10.2. The second-order valence-corrected chi connectivity index (χ2v) is 8.64. The Bertz CT molecular complexity index is 924. The van der Waals surface area contributed by atoms with E-state index in [2.05, 4.69) is 39.8 Å². The number of hydrogen-bond donors (Lipinski definition) is 2. The van der Waals surface area contributed by atoms with Crippen LogP contribution in [0.4, 0.5) is 0 Å². The molecule has 0 atom stereocenters. The monoisotopic (exact) mass is 486 g/mol. The van der Waals surface area contributed by atoms with Crippen LogP contribution in [0.15, 0.2) is 48.5 Å². The molecule has 0 saturated carbocycles. The average Bonchev–Trinajstić information content (AvgIpc) is 2.83. The van der Waals surface area contributed by atoms with Gasteiger partial charge in [0.15, 0.2) is 0 Å². The highest BCUT2D eigenvalue weighted by Crippen LogP contribution is 2.10. The van der Waals surface area contributed by atoms with Gasteiger partial charge in [0.05, 0.1) is 0 Å². The Morgan fingerprint density at radius 1 is 0.706 bits per heavy atom. The average molecular weight is 487 g/mol. The minimum absolute atomic E-state index is 0.0116. The van der Waals surface area contributed by atoms with E-state index in [1.807, 2.05) is 29.2 Å². The molecule has 0 unspecified atom stereocenters. The molecule has 34 heavy (non-hydrogen) atoms. The maximum atomic E-state index is 11.3. The second-order valence-electron chi connectivity index (χ2n) is 8.37. The van der Waals surface area contributed by atoms with Crippen molar-refractivity contribution in [3.05, 3.63) is 70.8 Å². The molecule has 1 aliphatic heterocycles. The highest BCUT2D eigenvalue weighted by Gasteiger charge is 2.18. The Balaban J connectivity index is 0.000000270. The van der Waals surface area contributed by atoms with Crippen molar-refractivity contribution in [2.45, 2.75) is 46.3 Å². The van der Waals surface area contributed by atoms with Crippen LogP contribution in [-0.4, -0.2) is 53.7 Å². The summed E-state index contributed by atoms with van der Waals surface area (Å²) in [5.74, 6) is 0.668. The van der Waals surface area contributed by atoms with Gasteiger partial charge in [0.25, 0.3) is 0 Å². The smallest absolute Gasteiger partial charge is 0.219 e. The van der Waals surface area contributed by atoms with Crippen LogP contribution in [0.3, 0.4) is 0 Å². The van der Waals surface area contributed by atoms with Gasteiger partial charge in [-0.25, -0.2) is 0 Å². The topological polar surface area (TPSA) is 81.8 Å². The van der Waals surface area contributed by atoms with Crippen LogP contribution >= 0.6 is 11.6 Å². The maximum Gasteiger partial charge on any atom is 0.219 e. The molecule has 0 bridgehead atoms. The fourth-order valence-electron chi connectivity index (χ4n) is 3.44. The first-order valence-electron chi connectivity index (χ1n) is 11.4. The van der Waals surface area contributed by atoms with E-state index in [1.54, 1.807) is 6.92 Å². The Labute approximate surface area is 207 Å². The zero-order valence-corrected chi connectivity index (χ0v) is 21.0. The molecule has 2 aromatic carbocycles. The number of benzene rings is 2. The third-order valence-electron chi connectivity index (χ3n) is 5.51. The summed E-state index contributed by atoms with van der Waals surface area (Å²) < 4.78 is 0. The largest absolute Gasteiger partial charge is 0.352 e. The fourth-order valence-corrected chi connectivity index (χ4v) is 3.62. The van der Waals surface area contributed by atoms with E-state index < -0.39 is 0 Å². The quantitative estimate of drug-likeness (QED) is 0.589. The fraction of sp³-hybridized carbons (Fsp3) is 0.423. The van der Waals surface area contributed by atoms with E-state index in [-0.39, 0.29) is 17.7 Å². The van der Waals surface area contributed by atoms with Crippen LogP contribution in [0.5, 0.6) is 0 Å². The highest BCUT2D eigenvalue weighted by atomic mass is 35.5. The molecule has 2 aromatic rings. The van der Waals surface area contributed by atoms with Crippen molar-refractivity contribution in [2.24, 2.45) is 0 Å². The molecule has 0 aromatic heterocycles. The zero-order valence-electron chi connectivity index (χ0n) is 20.3. The molecule has 0 radical (unpaired) electrons. The van der Waals surface area contributed by atoms with E-state index in [9.17, 15) is 14.4 Å². The molecule has 1 fully saturated rings. The number of nitrogens with zero attached hydrogens (tertiary/aromatic N) is 2. The van der Waals surface area contributed by atoms with Crippen molar-refractivity contribution in [3.8, 4) is 0 Å². The van der Waals surface area contributed by atoms with E-state index in [1.165, 1.54) is 19.4 Å². The van der Waals surface area contributed by atoms with E-state index in [0.29, 0.717) is 19.0 Å². The third-order valence-corrected chi connectivity index (χ3v) is 5.82. The molecule has 184 valence electrons. The summed E-state index contributed by atoms with van der Waals surface area (Å²) in [6, 6.07) is 16.2. The molecule has 2 N–H and O–H groups in total. The molecule has 0 aliphatic carbocycles. The van der Waals surface area contributed by atoms with Gasteiger partial charge >= 0.3 is 0 Å². The lowest BCUT2D eigenvalue weighted by atomic mass is 10.1.